The van der Waals surface area contributed by atoms with Gasteiger partial charge in [0.2, 0.25) is 0 Å². The quantitative estimate of drug-likeness (QED) is 0.323. The Bertz CT molecular complexity index is 1180. The maximum absolute atomic E-state index is 13.4. The van der Waals surface area contributed by atoms with Crippen molar-refractivity contribution >= 4 is 11.0 Å². The van der Waals surface area contributed by atoms with Gasteiger partial charge >= 0.3 is 0 Å². The Morgan fingerprint density at radius 2 is 1.74 bits per heavy atom. The highest BCUT2D eigenvalue weighted by Crippen LogP contribution is 2.23. The average molecular weight is 413 g/mol. The van der Waals surface area contributed by atoms with Crippen LogP contribution in [0.5, 0.6) is 5.75 Å². The summed E-state index contributed by atoms with van der Waals surface area (Å²) in [4.78, 5) is 17.9. The molecule has 0 radical (unpaired) electrons. The molecule has 0 aliphatic heterocycles. The molecular formula is C27H28N2O2. The molecule has 2 aromatic carbocycles. The molecule has 2 aromatic heterocycles. The number of pyridine rings is 2. The lowest BCUT2D eigenvalue weighted by Crippen LogP contribution is -2.23. The van der Waals surface area contributed by atoms with Crippen LogP contribution in [-0.4, -0.2) is 16.2 Å². The summed E-state index contributed by atoms with van der Waals surface area (Å²) in [6.45, 7) is 3.43. The Labute approximate surface area is 183 Å². The largest absolute Gasteiger partial charge is 0.494 e. The molecule has 0 fully saturated rings. The number of rotatable bonds is 9. The molecule has 4 nitrogen and oxygen atoms in total. The number of aromatic nitrogens is 2. The summed E-state index contributed by atoms with van der Waals surface area (Å²) in [6.07, 6.45) is 5.68. The summed E-state index contributed by atoms with van der Waals surface area (Å²) in [5.41, 5.74) is 3.69. The van der Waals surface area contributed by atoms with Crippen molar-refractivity contribution in [3.63, 3.8) is 0 Å². The lowest BCUT2D eigenvalue weighted by atomic mass is 10.0. The number of ether oxygens (including phenoxy) is 1. The van der Waals surface area contributed by atoms with Gasteiger partial charge in [0.25, 0.3) is 5.56 Å². The third-order valence-corrected chi connectivity index (χ3v) is 5.43. The maximum Gasteiger partial charge on any atom is 0.260 e. The van der Waals surface area contributed by atoms with E-state index in [9.17, 15) is 4.79 Å². The van der Waals surface area contributed by atoms with Gasteiger partial charge in [-0.3, -0.25) is 9.36 Å². The highest BCUT2D eigenvalue weighted by molar-refractivity contribution is 5.81. The van der Waals surface area contributed by atoms with Crippen LogP contribution >= 0.6 is 0 Å². The van der Waals surface area contributed by atoms with Crippen molar-refractivity contribution in [1.82, 2.24) is 9.55 Å². The van der Waals surface area contributed by atoms with E-state index in [0.717, 1.165) is 48.0 Å². The van der Waals surface area contributed by atoms with E-state index in [-0.39, 0.29) is 5.56 Å². The fourth-order valence-corrected chi connectivity index (χ4v) is 3.82. The van der Waals surface area contributed by atoms with Crippen molar-refractivity contribution in [2.75, 3.05) is 6.61 Å². The second-order valence-corrected chi connectivity index (χ2v) is 7.75. The second kappa shape index (κ2) is 10.1. The molecule has 0 aliphatic carbocycles. The Kier molecular flexibility index (Phi) is 6.78. The Hall–Kier alpha value is -3.40. The monoisotopic (exact) mass is 412 g/mol. The van der Waals surface area contributed by atoms with Gasteiger partial charge in [-0.05, 0) is 67.1 Å². The van der Waals surface area contributed by atoms with Crippen molar-refractivity contribution in [2.24, 2.45) is 0 Å². The first-order valence-corrected chi connectivity index (χ1v) is 11.0. The molecule has 0 N–H and O–H groups in total. The number of benzene rings is 2. The molecule has 158 valence electrons. The van der Waals surface area contributed by atoms with Gasteiger partial charge in [0.1, 0.15) is 11.4 Å². The number of nitrogens with zero attached hydrogens (tertiary/aromatic N) is 2. The topological polar surface area (TPSA) is 44.1 Å². The van der Waals surface area contributed by atoms with Crippen molar-refractivity contribution in [1.29, 1.82) is 0 Å². The summed E-state index contributed by atoms with van der Waals surface area (Å²) in [7, 11) is 0. The van der Waals surface area contributed by atoms with Crippen LogP contribution in [0.4, 0.5) is 0 Å². The number of hydrogen-bond donors (Lipinski definition) is 0. The molecule has 0 spiro atoms. The van der Waals surface area contributed by atoms with Gasteiger partial charge in [-0.15, -0.1) is 0 Å². The second-order valence-electron chi connectivity index (χ2n) is 7.75. The molecule has 0 aliphatic rings. The van der Waals surface area contributed by atoms with Gasteiger partial charge in [-0.25, -0.2) is 4.98 Å². The number of unbranched alkanes of at least 4 members (excludes halogenated alkanes) is 1. The lowest BCUT2D eigenvalue weighted by Gasteiger charge is -2.13. The van der Waals surface area contributed by atoms with Crippen molar-refractivity contribution in [2.45, 2.75) is 39.2 Å². The fourth-order valence-electron chi connectivity index (χ4n) is 3.82. The van der Waals surface area contributed by atoms with Gasteiger partial charge in [0.05, 0.1) is 6.61 Å². The minimum absolute atomic E-state index is 0.00753. The molecule has 0 saturated heterocycles. The normalized spacial score (nSPS) is 11.0. The van der Waals surface area contributed by atoms with E-state index >= 15 is 0 Å². The van der Waals surface area contributed by atoms with Crippen LogP contribution in [0.2, 0.25) is 0 Å². The van der Waals surface area contributed by atoms with Crippen LogP contribution in [0, 0.1) is 0 Å². The predicted molar refractivity (Wildman–Crippen MR) is 127 cm³/mol. The predicted octanol–water partition coefficient (Wildman–Crippen LogP) is 5.88. The molecule has 0 amide bonds. The fraction of sp³-hybridized carbons (Fsp3) is 0.259. The van der Waals surface area contributed by atoms with Crippen LogP contribution in [0.25, 0.3) is 22.2 Å². The number of aryl methyl sites for hydroxylation is 2. The van der Waals surface area contributed by atoms with Crippen LogP contribution < -0.4 is 10.3 Å². The van der Waals surface area contributed by atoms with Gasteiger partial charge in [0.15, 0.2) is 0 Å². The Balaban J connectivity index is 1.59. The Morgan fingerprint density at radius 1 is 0.935 bits per heavy atom. The molecule has 0 saturated carbocycles. The highest BCUT2D eigenvalue weighted by Gasteiger charge is 2.12. The molecule has 4 heteroatoms. The van der Waals surface area contributed by atoms with Crippen molar-refractivity contribution in [3.05, 3.63) is 94.9 Å². The summed E-state index contributed by atoms with van der Waals surface area (Å²) >= 11 is 0. The van der Waals surface area contributed by atoms with Crippen LogP contribution in [0.15, 0.2) is 83.8 Å². The molecular weight excluding hydrogens is 384 g/mol. The van der Waals surface area contributed by atoms with E-state index in [1.165, 1.54) is 5.56 Å². The highest BCUT2D eigenvalue weighted by atomic mass is 16.5. The minimum Gasteiger partial charge on any atom is -0.494 e. The zero-order valence-corrected chi connectivity index (χ0v) is 18.0. The minimum atomic E-state index is 0.00753. The molecule has 2 heterocycles. The standard InChI is InChI=1S/C27H28N2O2/c1-2-19-31-24-15-13-22(14-16-24)25-20-23-12-8-17-28-26(23)29(27(25)30)18-7-6-11-21-9-4-3-5-10-21/h3-5,8-10,12-17,20H,2,6-7,11,18-19H2,1H3. The maximum atomic E-state index is 13.4. The van der Waals surface area contributed by atoms with E-state index < -0.39 is 0 Å². The van der Waals surface area contributed by atoms with Gasteiger partial charge in [-0.1, -0.05) is 49.4 Å². The average Bonchev–Trinajstić information content (AvgIpc) is 2.82. The van der Waals surface area contributed by atoms with Crippen molar-refractivity contribution in [3.8, 4) is 16.9 Å². The third kappa shape index (κ3) is 5.02. The SMILES string of the molecule is CCCOc1ccc(-c2cc3cccnc3n(CCCCc3ccccc3)c2=O)cc1. The molecule has 31 heavy (non-hydrogen) atoms. The first-order valence-electron chi connectivity index (χ1n) is 11.0. The summed E-state index contributed by atoms with van der Waals surface area (Å²) in [5.74, 6) is 0.828. The lowest BCUT2D eigenvalue weighted by molar-refractivity contribution is 0.317. The Morgan fingerprint density at radius 3 is 2.52 bits per heavy atom. The van der Waals surface area contributed by atoms with Crippen LogP contribution in [-0.2, 0) is 13.0 Å². The van der Waals surface area contributed by atoms with Crippen LogP contribution in [0.1, 0.15) is 31.7 Å². The third-order valence-electron chi connectivity index (χ3n) is 5.43. The molecule has 0 atom stereocenters. The first-order chi connectivity index (χ1) is 15.3. The molecule has 4 rings (SSSR count). The number of fused-ring (bicyclic) bond motifs is 1. The van der Waals surface area contributed by atoms with E-state index in [2.05, 4.69) is 36.2 Å². The van der Waals surface area contributed by atoms with E-state index in [1.807, 2.05) is 53.1 Å². The zero-order valence-electron chi connectivity index (χ0n) is 18.0. The molecule has 4 aromatic rings. The molecule has 0 bridgehead atoms. The van der Waals surface area contributed by atoms with Crippen molar-refractivity contribution < 1.29 is 4.74 Å². The summed E-state index contributed by atoms with van der Waals surface area (Å²) in [6, 6.07) is 24.1. The smallest absolute Gasteiger partial charge is 0.260 e. The summed E-state index contributed by atoms with van der Waals surface area (Å²) < 4.78 is 7.51. The number of hydrogen-bond acceptors (Lipinski definition) is 3. The van der Waals surface area contributed by atoms with E-state index in [0.29, 0.717) is 18.7 Å². The zero-order chi connectivity index (χ0) is 21.5. The van der Waals surface area contributed by atoms with E-state index in [4.69, 9.17) is 4.74 Å². The van der Waals surface area contributed by atoms with Gasteiger partial charge in [0, 0.05) is 23.7 Å². The van der Waals surface area contributed by atoms with Gasteiger partial charge in [-0.2, -0.15) is 0 Å². The first kappa shape index (κ1) is 20.9. The van der Waals surface area contributed by atoms with E-state index in [1.54, 1.807) is 6.20 Å². The van der Waals surface area contributed by atoms with Crippen LogP contribution in [0.3, 0.4) is 0 Å². The summed E-state index contributed by atoms with van der Waals surface area (Å²) in [5, 5.41) is 0.978. The molecule has 0 unspecified atom stereocenters. The van der Waals surface area contributed by atoms with Gasteiger partial charge < -0.3 is 4.74 Å².